The van der Waals surface area contributed by atoms with Gasteiger partial charge in [-0.1, -0.05) is 28.1 Å². The summed E-state index contributed by atoms with van der Waals surface area (Å²) in [5, 5.41) is 13.4. The van der Waals surface area contributed by atoms with Gasteiger partial charge in [0.25, 0.3) is 5.69 Å². The molecule has 2 aromatic rings. The third-order valence-corrected chi connectivity index (χ3v) is 3.85. The Kier molecular flexibility index (Phi) is 5.46. The first-order chi connectivity index (χ1) is 10.5. The van der Waals surface area contributed by atoms with Gasteiger partial charge >= 0.3 is 0 Å². The summed E-state index contributed by atoms with van der Waals surface area (Å²) >= 11 is 6.68. The number of benzene rings is 2. The summed E-state index contributed by atoms with van der Waals surface area (Å²) in [6, 6.07) is 11.4. The molecule has 0 atom stereocenters. The summed E-state index contributed by atoms with van der Waals surface area (Å²) in [6.45, 7) is 0. The smallest absolute Gasteiger partial charge is 0.270 e. The van der Waals surface area contributed by atoms with E-state index in [1.807, 2.05) is 12.1 Å². The summed E-state index contributed by atoms with van der Waals surface area (Å²) in [5.41, 5.74) is 1.20. The fourth-order valence-electron chi connectivity index (χ4n) is 1.68. The second-order valence-corrected chi connectivity index (χ2v) is 6.07. The van der Waals surface area contributed by atoms with Crippen LogP contribution >= 0.6 is 31.9 Å². The van der Waals surface area contributed by atoms with Crippen molar-refractivity contribution in [2.75, 3.05) is 5.32 Å². The molecule has 0 fully saturated rings. The highest BCUT2D eigenvalue weighted by Gasteiger charge is 2.05. The van der Waals surface area contributed by atoms with Gasteiger partial charge in [0.15, 0.2) is 0 Å². The van der Waals surface area contributed by atoms with E-state index in [1.165, 1.54) is 24.3 Å². The quantitative estimate of drug-likeness (QED) is 0.435. The zero-order chi connectivity index (χ0) is 16.1. The van der Waals surface area contributed by atoms with E-state index < -0.39 is 4.92 Å². The number of hydrogen-bond acceptors (Lipinski definition) is 3. The Morgan fingerprint density at radius 2 is 1.95 bits per heavy atom. The molecule has 0 aliphatic carbocycles. The van der Waals surface area contributed by atoms with Gasteiger partial charge in [-0.15, -0.1) is 0 Å². The Morgan fingerprint density at radius 3 is 2.64 bits per heavy atom. The first-order valence-electron chi connectivity index (χ1n) is 6.14. The second-order valence-electron chi connectivity index (χ2n) is 4.30. The van der Waals surface area contributed by atoms with Crippen molar-refractivity contribution in [3.63, 3.8) is 0 Å². The van der Waals surface area contributed by atoms with Crippen LogP contribution in [0.15, 0.2) is 57.5 Å². The maximum absolute atomic E-state index is 11.9. The molecule has 0 bridgehead atoms. The molecule has 0 heterocycles. The van der Waals surface area contributed by atoms with Crippen molar-refractivity contribution < 1.29 is 9.72 Å². The molecule has 112 valence electrons. The highest BCUT2D eigenvalue weighted by molar-refractivity contribution is 9.11. The SMILES string of the molecule is O=C(/C=C/c1cccc([N+](=O)[O-])c1)Nc1ccc(Br)cc1Br. The Balaban J connectivity index is 2.08. The van der Waals surface area contributed by atoms with Gasteiger partial charge in [0.2, 0.25) is 5.91 Å². The summed E-state index contributed by atoms with van der Waals surface area (Å²) in [7, 11) is 0. The molecule has 22 heavy (non-hydrogen) atoms. The van der Waals surface area contributed by atoms with Gasteiger partial charge in [0.05, 0.1) is 10.6 Å². The predicted molar refractivity (Wildman–Crippen MR) is 92.6 cm³/mol. The maximum Gasteiger partial charge on any atom is 0.270 e. The van der Waals surface area contributed by atoms with Crippen LogP contribution in [0.5, 0.6) is 0 Å². The zero-order valence-electron chi connectivity index (χ0n) is 11.1. The third kappa shape index (κ3) is 4.51. The van der Waals surface area contributed by atoms with E-state index in [9.17, 15) is 14.9 Å². The Labute approximate surface area is 143 Å². The number of non-ortho nitro benzene ring substituents is 1. The summed E-state index contributed by atoms with van der Waals surface area (Å²) < 4.78 is 1.64. The molecule has 5 nitrogen and oxygen atoms in total. The number of carbonyl (C=O) groups excluding carboxylic acids is 1. The van der Waals surface area contributed by atoms with E-state index in [2.05, 4.69) is 37.2 Å². The van der Waals surface area contributed by atoms with Gasteiger partial charge in [-0.25, -0.2) is 0 Å². The number of rotatable bonds is 4. The lowest BCUT2D eigenvalue weighted by Gasteiger charge is -2.05. The summed E-state index contributed by atoms with van der Waals surface area (Å²) in [4.78, 5) is 22.1. The fraction of sp³-hybridized carbons (Fsp3) is 0. The maximum atomic E-state index is 11.9. The average Bonchev–Trinajstić information content (AvgIpc) is 2.48. The second kappa shape index (κ2) is 7.33. The molecule has 2 aromatic carbocycles. The normalized spacial score (nSPS) is 10.6. The minimum atomic E-state index is -0.476. The van der Waals surface area contributed by atoms with Crippen molar-refractivity contribution in [1.29, 1.82) is 0 Å². The van der Waals surface area contributed by atoms with Crippen LogP contribution in [-0.2, 0) is 4.79 Å². The molecule has 2 rings (SSSR count). The number of nitro groups is 1. The lowest BCUT2D eigenvalue weighted by molar-refractivity contribution is -0.384. The molecule has 0 spiro atoms. The molecule has 0 aromatic heterocycles. The number of anilines is 1. The number of amides is 1. The van der Waals surface area contributed by atoms with Gasteiger partial charge in [-0.3, -0.25) is 14.9 Å². The molecular weight excluding hydrogens is 416 g/mol. The van der Waals surface area contributed by atoms with Crippen molar-refractivity contribution in [2.45, 2.75) is 0 Å². The lowest BCUT2D eigenvalue weighted by atomic mass is 10.2. The van der Waals surface area contributed by atoms with E-state index >= 15 is 0 Å². The molecular formula is C15H10Br2N2O3. The Hall–Kier alpha value is -1.99. The van der Waals surface area contributed by atoms with Crippen LogP contribution in [0.3, 0.4) is 0 Å². The molecule has 0 saturated carbocycles. The van der Waals surface area contributed by atoms with Crippen LogP contribution in [0.1, 0.15) is 5.56 Å². The van der Waals surface area contributed by atoms with E-state index in [1.54, 1.807) is 18.2 Å². The van der Waals surface area contributed by atoms with Gasteiger partial charge < -0.3 is 5.32 Å². The highest BCUT2D eigenvalue weighted by Crippen LogP contribution is 2.26. The molecule has 0 unspecified atom stereocenters. The first kappa shape index (κ1) is 16.4. The van der Waals surface area contributed by atoms with Crippen molar-refractivity contribution in [2.24, 2.45) is 0 Å². The van der Waals surface area contributed by atoms with E-state index in [-0.39, 0.29) is 11.6 Å². The number of nitro benzene ring substituents is 1. The average molecular weight is 426 g/mol. The monoisotopic (exact) mass is 424 g/mol. The molecule has 0 aliphatic heterocycles. The number of nitrogens with zero attached hydrogens (tertiary/aromatic N) is 1. The van der Waals surface area contributed by atoms with Crippen molar-refractivity contribution in [3.05, 3.63) is 73.2 Å². The van der Waals surface area contributed by atoms with Crippen molar-refractivity contribution >= 4 is 55.2 Å². The summed E-state index contributed by atoms with van der Waals surface area (Å²) in [6.07, 6.45) is 2.85. The molecule has 0 aliphatic rings. The van der Waals surface area contributed by atoms with Crippen LogP contribution in [0.4, 0.5) is 11.4 Å². The number of hydrogen-bond donors (Lipinski definition) is 1. The minimum Gasteiger partial charge on any atom is -0.321 e. The lowest BCUT2D eigenvalue weighted by Crippen LogP contribution is -2.08. The predicted octanol–water partition coefficient (Wildman–Crippen LogP) is 4.77. The number of halogens is 2. The zero-order valence-corrected chi connectivity index (χ0v) is 14.3. The van der Waals surface area contributed by atoms with Crippen LogP contribution in [-0.4, -0.2) is 10.8 Å². The standard InChI is InChI=1S/C15H10Br2N2O3/c16-11-5-6-14(13(17)9-11)18-15(20)7-4-10-2-1-3-12(8-10)19(21)22/h1-9H,(H,18,20)/b7-4+. The number of nitrogens with one attached hydrogen (secondary N) is 1. The van der Waals surface area contributed by atoms with Gasteiger partial charge in [-0.2, -0.15) is 0 Å². The first-order valence-corrected chi connectivity index (χ1v) is 7.73. The minimum absolute atomic E-state index is 0.0155. The molecule has 7 heteroatoms. The van der Waals surface area contributed by atoms with E-state index in [4.69, 9.17) is 0 Å². The van der Waals surface area contributed by atoms with Crippen LogP contribution in [0.25, 0.3) is 6.08 Å². The van der Waals surface area contributed by atoms with E-state index in [0.717, 1.165) is 8.95 Å². The Bertz CT molecular complexity index is 760. The summed E-state index contributed by atoms with van der Waals surface area (Å²) in [5.74, 6) is -0.325. The molecule has 0 saturated heterocycles. The van der Waals surface area contributed by atoms with E-state index in [0.29, 0.717) is 11.3 Å². The van der Waals surface area contributed by atoms with Crippen LogP contribution in [0, 0.1) is 10.1 Å². The van der Waals surface area contributed by atoms with Crippen LogP contribution < -0.4 is 5.32 Å². The van der Waals surface area contributed by atoms with Gasteiger partial charge in [0, 0.05) is 27.2 Å². The molecule has 1 N–H and O–H groups in total. The van der Waals surface area contributed by atoms with Gasteiger partial charge in [0.1, 0.15) is 0 Å². The van der Waals surface area contributed by atoms with Crippen molar-refractivity contribution in [3.8, 4) is 0 Å². The third-order valence-electron chi connectivity index (χ3n) is 2.70. The fourth-order valence-corrected chi connectivity index (χ4v) is 2.83. The van der Waals surface area contributed by atoms with Crippen molar-refractivity contribution in [1.82, 2.24) is 0 Å². The topological polar surface area (TPSA) is 72.2 Å². The largest absolute Gasteiger partial charge is 0.321 e. The number of carbonyl (C=O) groups is 1. The molecule has 1 amide bonds. The van der Waals surface area contributed by atoms with Crippen LogP contribution in [0.2, 0.25) is 0 Å². The Morgan fingerprint density at radius 1 is 1.18 bits per heavy atom. The van der Waals surface area contributed by atoms with Gasteiger partial charge in [-0.05, 0) is 45.8 Å². The molecule has 0 radical (unpaired) electrons. The highest BCUT2D eigenvalue weighted by atomic mass is 79.9.